The third kappa shape index (κ3) is 3.67. The molecule has 2 N–H and O–H groups in total. The van der Waals surface area contributed by atoms with Gasteiger partial charge >= 0.3 is 0 Å². The fraction of sp³-hybridized carbons (Fsp3) is 0.0714. The number of amides is 1. The van der Waals surface area contributed by atoms with Gasteiger partial charge in [-0.15, -0.1) is 0 Å². The van der Waals surface area contributed by atoms with Gasteiger partial charge in [0.05, 0.1) is 17.8 Å². The lowest BCUT2D eigenvalue weighted by Crippen LogP contribution is -2.14. The number of benzene rings is 1. The Morgan fingerprint density at radius 2 is 1.96 bits per heavy atom. The number of carbonyl (C=O) groups excluding carboxylic acids is 1. The maximum Gasteiger partial charge on any atom is 0.276 e. The molecule has 6 nitrogen and oxygen atoms in total. The van der Waals surface area contributed by atoms with E-state index in [1.807, 2.05) is 0 Å². The number of nitrogens with zero attached hydrogens (tertiary/aromatic N) is 3. The van der Waals surface area contributed by atoms with Gasteiger partial charge < -0.3 is 5.32 Å². The molecule has 0 saturated heterocycles. The first kappa shape index (κ1) is 17.1. The van der Waals surface area contributed by atoms with Crippen molar-refractivity contribution in [3.63, 3.8) is 0 Å². The van der Waals surface area contributed by atoms with Gasteiger partial charge in [0, 0.05) is 16.2 Å². The lowest BCUT2D eigenvalue weighted by molar-refractivity contribution is 0.102. The molecule has 0 atom stereocenters. The quantitative estimate of drug-likeness (QED) is 0.671. The number of nitrogens with one attached hydrogen (secondary N) is 2. The standard InChI is InChI=1S/C14H9Cl4N5O/c15-8-2-1-7(9(16)3-8)5-23-6-11(18)13(22-23)20-14(24)12-10(17)4-19-21-12/h1-4,6H,5H2,(H,19,21)(H,20,22,24). The van der Waals surface area contributed by atoms with Crippen LogP contribution in [-0.2, 0) is 6.54 Å². The summed E-state index contributed by atoms with van der Waals surface area (Å²) < 4.78 is 1.56. The molecule has 0 bridgehead atoms. The maximum absolute atomic E-state index is 12.1. The molecule has 0 spiro atoms. The summed E-state index contributed by atoms with van der Waals surface area (Å²) in [6.07, 6.45) is 2.91. The molecule has 0 radical (unpaired) electrons. The molecule has 2 aromatic heterocycles. The topological polar surface area (TPSA) is 75.6 Å². The molecule has 2 heterocycles. The molecule has 3 rings (SSSR count). The van der Waals surface area contributed by atoms with Crippen LogP contribution in [0.5, 0.6) is 0 Å². The number of halogens is 4. The summed E-state index contributed by atoms with van der Waals surface area (Å²) in [6, 6.07) is 5.17. The summed E-state index contributed by atoms with van der Waals surface area (Å²) in [7, 11) is 0. The second kappa shape index (κ2) is 7.03. The zero-order valence-electron chi connectivity index (χ0n) is 11.9. The first-order valence-electron chi connectivity index (χ1n) is 6.61. The number of hydrogen-bond donors (Lipinski definition) is 2. The Labute approximate surface area is 156 Å². The smallest absolute Gasteiger partial charge is 0.276 e. The molecule has 0 aliphatic heterocycles. The molecule has 0 unspecified atom stereocenters. The van der Waals surface area contributed by atoms with Gasteiger partial charge in [-0.05, 0) is 17.7 Å². The predicted molar refractivity (Wildman–Crippen MR) is 94.4 cm³/mol. The van der Waals surface area contributed by atoms with Gasteiger partial charge in [-0.2, -0.15) is 10.2 Å². The molecule has 1 amide bonds. The highest BCUT2D eigenvalue weighted by molar-refractivity contribution is 6.36. The first-order chi connectivity index (χ1) is 11.4. The van der Waals surface area contributed by atoms with E-state index in [0.29, 0.717) is 16.6 Å². The van der Waals surface area contributed by atoms with Crippen molar-refractivity contribution in [1.29, 1.82) is 0 Å². The van der Waals surface area contributed by atoms with E-state index in [1.165, 1.54) is 6.20 Å². The van der Waals surface area contributed by atoms with Crippen molar-refractivity contribution in [2.75, 3.05) is 5.32 Å². The lowest BCUT2D eigenvalue weighted by Gasteiger charge is -2.05. The Bertz CT molecular complexity index is 904. The molecule has 10 heteroatoms. The van der Waals surface area contributed by atoms with Crippen molar-refractivity contribution in [3.05, 3.63) is 61.9 Å². The van der Waals surface area contributed by atoms with E-state index >= 15 is 0 Å². The average molecular weight is 405 g/mol. The second-order valence-corrected chi connectivity index (χ2v) is 6.46. The van der Waals surface area contributed by atoms with Crippen molar-refractivity contribution in [2.45, 2.75) is 6.54 Å². The summed E-state index contributed by atoms with van der Waals surface area (Å²) in [4.78, 5) is 12.1. The average Bonchev–Trinajstić information content (AvgIpc) is 3.08. The van der Waals surface area contributed by atoms with E-state index in [1.54, 1.807) is 29.1 Å². The number of carbonyl (C=O) groups is 1. The van der Waals surface area contributed by atoms with Crippen LogP contribution in [0, 0.1) is 0 Å². The highest BCUT2D eigenvalue weighted by atomic mass is 35.5. The molecule has 0 fully saturated rings. The number of aromatic amines is 1. The van der Waals surface area contributed by atoms with Crippen LogP contribution in [0.2, 0.25) is 20.1 Å². The van der Waals surface area contributed by atoms with Crippen molar-refractivity contribution in [2.24, 2.45) is 0 Å². The molecular formula is C14H9Cl4N5O. The normalized spacial score (nSPS) is 10.8. The van der Waals surface area contributed by atoms with Crippen molar-refractivity contribution < 1.29 is 4.79 Å². The summed E-state index contributed by atoms with van der Waals surface area (Å²) in [6.45, 7) is 0.371. The van der Waals surface area contributed by atoms with Crippen molar-refractivity contribution in [3.8, 4) is 0 Å². The van der Waals surface area contributed by atoms with E-state index in [0.717, 1.165) is 5.56 Å². The number of aromatic nitrogens is 4. The Kier molecular flexibility index (Phi) is 5.01. The van der Waals surface area contributed by atoms with Gasteiger partial charge in [-0.25, -0.2) is 0 Å². The van der Waals surface area contributed by atoms with Crippen LogP contribution in [0.15, 0.2) is 30.6 Å². The minimum absolute atomic E-state index is 0.128. The van der Waals surface area contributed by atoms with Crippen molar-refractivity contribution in [1.82, 2.24) is 20.0 Å². The van der Waals surface area contributed by atoms with E-state index in [-0.39, 0.29) is 21.6 Å². The number of rotatable bonds is 4. The zero-order valence-corrected chi connectivity index (χ0v) is 14.9. The predicted octanol–water partition coefficient (Wildman–Crippen LogP) is 4.52. The largest absolute Gasteiger partial charge is 0.302 e. The zero-order chi connectivity index (χ0) is 17.3. The SMILES string of the molecule is O=C(Nc1nn(Cc2ccc(Cl)cc2Cl)cc1Cl)c1[nH]ncc1Cl. The molecule has 0 saturated carbocycles. The minimum Gasteiger partial charge on any atom is -0.302 e. The number of hydrogen-bond acceptors (Lipinski definition) is 3. The number of anilines is 1. The van der Waals surface area contributed by atoms with E-state index < -0.39 is 5.91 Å². The third-order valence-corrected chi connectivity index (χ3v) is 4.27. The van der Waals surface area contributed by atoms with Crippen LogP contribution >= 0.6 is 46.4 Å². The highest BCUT2D eigenvalue weighted by Crippen LogP contribution is 2.25. The Hall–Kier alpha value is -1.73. The number of H-pyrrole nitrogens is 1. The van der Waals surface area contributed by atoms with Crippen molar-refractivity contribution >= 4 is 58.1 Å². The monoisotopic (exact) mass is 403 g/mol. The van der Waals surface area contributed by atoms with Gasteiger partial charge in [0.2, 0.25) is 0 Å². The molecule has 0 aliphatic rings. The van der Waals surface area contributed by atoms with Crippen LogP contribution < -0.4 is 5.32 Å². The summed E-state index contributed by atoms with van der Waals surface area (Å²) >= 11 is 24.0. The molecule has 0 aliphatic carbocycles. The molecule has 24 heavy (non-hydrogen) atoms. The Balaban J connectivity index is 1.78. The summed E-state index contributed by atoms with van der Waals surface area (Å²) in [5.74, 6) is -0.286. The lowest BCUT2D eigenvalue weighted by atomic mass is 10.2. The van der Waals surface area contributed by atoms with Crippen LogP contribution in [0.25, 0.3) is 0 Å². The molecule has 1 aromatic carbocycles. The van der Waals surface area contributed by atoms with Gasteiger partial charge in [0.1, 0.15) is 10.7 Å². The Morgan fingerprint density at radius 3 is 2.62 bits per heavy atom. The van der Waals surface area contributed by atoms with Gasteiger partial charge in [-0.1, -0.05) is 52.5 Å². The fourth-order valence-corrected chi connectivity index (χ4v) is 2.83. The molecular weight excluding hydrogens is 396 g/mol. The highest BCUT2D eigenvalue weighted by Gasteiger charge is 2.16. The molecule has 124 valence electrons. The van der Waals surface area contributed by atoms with Crippen LogP contribution in [-0.4, -0.2) is 25.9 Å². The Morgan fingerprint density at radius 1 is 1.17 bits per heavy atom. The first-order valence-corrected chi connectivity index (χ1v) is 8.12. The summed E-state index contributed by atoms with van der Waals surface area (Å²) in [5.41, 5.74) is 0.942. The van der Waals surface area contributed by atoms with E-state index in [2.05, 4.69) is 20.6 Å². The van der Waals surface area contributed by atoms with Gasteiger partial charge in [-0.3, -0.25) is 14.6 Å². The second-order valence-electron chi connectivity index (χ2n) is 4.81. The fourth-order valence-electron chi connectivity index (χ4n) is 1.99. The maximum atomic E-state index is 12.1. The van der Waals surface area contributed by atoms with Gasteiger partial charge in [0.25, 0.3) is 5.91 Å². The van der Waals surface area contributed by atoms with E-state index in [4.69, 9.17) is 46.4 Å². The summed E-state index contributed by atoms with van der Waals surface area (Å²) in [5, 5.41) is 14.5. The van der Waals surface area contributed by atoms with Crippen LogP contribution in [0.4, 0.5) is 5.82 Å². The minimum atomic E-state index is -0.492. The van der Waals surface area contributed by atoms with Gasteiger partial charge in [0.15, 0.2) is 5.82 Å². The third-order valence-electron chi connectivity index (χ3n) is 3.12. The van der Waals surface area contributed by atoms with Crippen LogP contribution in [0.3, 0.4) is 0 Å². The molecule has 3 aromatic rings. The van der Waals surface area contributed by atoms with Crippen LogP contribution in [0.1, 0.15) is 16.1 Å². The van der Waals surface area contributed by atoms with E-state index in [9.17, 15) is 4.79 Å².